The molecule has 2 atom stereocenters. The summed E-state index contributed by atoms with van der Waals surface area (Å²) in [4.78, 5) is 38.1. The van der Waals surface area contributed by atoms with E-state index in [1.54, 1.807) is 11.8 Å². The number of thioether (sulfide) groups is 1. The lowest BCUT2D eigenvalue weighted by Crippen LogP contribution is -2.60. The van der Waals surface area contributed by atoms with Gasteiger partial charge in [-0.15, -0.1) is 0 Å². The highest BCUT2D eigenvalue weighted by molar-refractivity contribution is 7.98. The van der Waals surface area contributed by atoms with Gasteiger partial charge < -0.3 is 20.1 Å². The standard InChI is InChI=1S/C24H26N2O5S/c1-32-13-11-20(22(27)26-12-10-21(26)23(28)29)25-24(30)31-14-19-17-8-4-2-6-15(17)16-7-3-5-9-18(16)19/h2-9,19-21H,10-14H2,1H3,(H,25,30)(H,28,29)/t20-,21?/m0/s1. The summed E-state index contributed by atoms with van der Waals surface area (Å²) >= 11 is 1.56. The first-order valence-electron chi connectivity index (χ1n) is 10.6. The molecule has 1 saturated heterocycles. The van der Waals surface area contributed by atoms with Gasteiger partial charge in [-0.2, -0.15) is 11.8 Å². The number of amides is 2. The average molecular weight is 455 g/mol. The molecule has 1 aliphatic heterocycles. The number of carboxylic acids is 1. The summed E-state index contributed by atoms with van der Waals surface area (Å²) in [6, 6.07) is 14.5. The van der Waals surface area contributed by atoms with Crippen LogP contribution in [0.3, 0.4) is 0 Å². The fourth-order valence-electron chi connectivity index (χ4n) is 4.38. The first kappa shape index (κ1) is 22.2. The Morgan fingerprint density at radius 1 is 1.12 bits per heavy atom. The fourth-order valence-corrected chi connectivity index (χ4v) is 4.85. The van der Waals surface area contributed by atoms with E-state index in [4.69, 9.17) is 4.74 Å². The zero-order valence-electron chi connectivity index (χ0n) is 17.8. The Kier molecular flexibility index (Phi) is 6.69. The van der Waals surface area contributed by atoms with Crippen molar-refractivity contribution in [2.75, 3.05) is 25.2 Å². The van der Waals surface area contributed by atoms with Crippen LogP contribution >= 0.6 is 11.8 Å². The lowest BCUT2D eigenvalue weighted by molar-refractivity contribution is -0.158. The van der Waals surface area contributed by atoms with Crippen molar-refractivity contribution in [1.29, 1.82) is 0 Å². The van der Waals surface area contributed by atoms with Gasteiger partial charge in [-0.05, 0) is 47.1 Å². The average Bonchev–Trinajstić information content (AvgIpc) is 3.07. The molecule has 1 aliphatic carbocycles. The van der Waals surface area contributed by atoms with Crippen LogP contribution in [0.25, 0.3) is 11.1 Å². The van der Waals surface area contributed by atoms with Gasteiger partial charge in [0.05, 0.1) is 0 Å². The number of carbonyl (C=O) groups is 3. The number of carboxylic acid groups (broad SMARTS) is 1. The topological polar surface area (TPSA) is 95.9 Å². The second-order valence-corrected chi connectivity index (χ2v) is 8.96. The Balaban J connectivity index is 1.42. The zero-order chi connectivity index (χ0) is 22.7. The van der Waals surface area contributed by atoms with Crippen molar-refractivity contribution in [3.8, 4) is 11.1 Å². The molecule has 32 heavy (non-hydrogen) atoms. The summed E-state index contributed by atoms with van der Waals surface area (Å²) in [5.41, 5.74) is 4.51. The highest BCUT2D eigenvalue weighted by atomic mass is 32.2. The van der Waals surface area contributed by atoms with E-state index in [9.17, 15) is 19.5 Å². The van der Waals surface area contributed by atoms with Crippen LogP contribution in [-0.2, 0) is 14.3 Å². The monoisotopic (exact) mass is 454 g/mol. The highest BCUT2D eigenvalue weighted by Gasteiger charge is 2.40. The lowest BCUT2D eigenvalue weighted by atomic mass is 9.98. The Hall–Kier alpha value is -3.00. The number of likely N-dealkylation sites (tertiary alicyclic amines) is 1. The highest BCUT2D eigenvalue weighted by Crippen LogP contribution is 2.44. The van der Waals surface area contributed by atoms with Gasteiger partial charge in [0.1, 0.15) is 18.7 Å². The minimum Gasteiger partial charge on any atom is -0.480 e. The SMILES string of the molecule is CSCC[C@H](NC(=O)OCC1c2ccccc2-c2ccccc21)C(=O)N1CCC1C(=O)O. The molecule has 2 N–H and O–H groups in total. The van der Waals surface area contributed by atoms with Gasteiger partial charge in [-0.25, -0.2) is 9.59 Å². The molecule has 2 aromatic carbocycles. The predicted molar refractivity (Wildman–Crippen MR) is 123 cm³/mol. The van der Waals surface area contributed by atoms with Crippen molar-refractivity contribution in [3.05, 3.63) is 59.7 Å². The van der Waals surface area contributed by atoms with E-state index < -0.39 is 24.1 Å². The van der Waals surface area contributed by atoms with Crippen molar-refractivity contribution < 1.29 is 24.2 Å². The van der Waals surface area contributed by atoms with Crippen LogP contribution in [0.2, 0.25) is 0 Å². The molecule has 2 aromatic rings. The molecule has 0 radical (unpaired) electrons. The van der Waals surface area contributed by atoms with E-state index in [2.05, 4.69) is 17.4 Å². The third-order valence-corrected chi connectivity index (χ3v) is 6.78. The number of hydrogen-bond acceptors (Lipinski definition) is 5. The normalized spacial score (nSPS) is 17.7. The maximum absolute atomic E-state index is 12.9. The molecule has 4 rings (SSSR count). The Labute approximate surface area is 191 Å². The number of hydrogen-bond donors (Lipinski definition) is 2. The van der Waals surface area contributed by atoms with Crippen LogP contribution in [0.15, 0.2) is 48.5 Å². The Morgan fingerprint density at radius 3 is 2.28 bits per heavy atom. The molecule has 0 saturated carbocycles. The lowest BCUT2D eigenvalue weighted by Gasteiger charge is -2.40. The van der Waals surface area contributed by atoms with Gasteiger partial charge in [0.2, 0.25) is 5.91 Å². The quantitative estimate of drug-likeness (QED) is 0.635. The minimum atomic E-state index is -1.02. The van der Waals surface area contributed by atoms with Gasteiger partial charge in [-0.3, -0.25) is 4.79 Å². The second-order valence-electron chi connectivity index (χ2n) is 7.98. The zero-order valence-corrected chi connectivity index (χ0v) is 18.6. The third kappa shape index (κ3) is 4.32. The van der Waals surface area contributed by atoms with E-state index in [0.29, 0.717) is 25.1 Å². The summed E-state index contributed by atoms with van der Waals surface area (Å²) in [5, 5.41) is 11.9. The number of ether oxygens (including phenoxy) is 1. The van der Waals surface area contributed by atoms with Crippen molar-refractivity contribution in [1.82, 2.24) is 10.2 Å². The van der Waals surface area contributed by atoms with Gasteiger partial charge >= 0.3 is 12.1 Å². The van der Waals surface area contributed by atoms with Crippen molar-refractivity contribution in [2.45, 2.75) is 30.8 Å². The molecule has 168 valence electrons. The molecule has 1 heterocycles. The summed E-state index contributed by atoms with van der Waals surface area (Å²) in [5.74, 6) is -0.799. The second kappa shape index (κ2) is 9.65. The minimum absolute atomic E-state index is 0.0692. The number of benzene rings is 2. The number of fused-ring (bicyclic) bond motifs is 3. The van der Waals surface area contributed by atoms with Crippen molar-refractivity contribution in [2.24, 2.45) is 0 Å². The summed E-state index contributed by atoms with van der Waals surface area (Å²) < 4.78 is 5.56. The van der Waals surface area contributed by atoms with E-state index in [-0.39, 0.29) is 18.4 Å². The molecule has 1 fully saturated rings. The van der Waals surface area contributed by atoms with Crippen LogP contribution in [0.4, 0.5) is 4.79 Å². The van der Waals surface area contributed by atoms with E-state index in [0.717, 1.165) is 22.3 Å². The van der Waals surface area contributed by atoms with Gasteiger partial charge in [0.25, 0.3) is 0 Å². The molecule has 2 amide bonds. The van der Waals surface area contributed by atoms with Gasteiger partial charge in [0.15, 0.2) is 0 Å². The molecule has 2 aliphatic rings. The molecule has 0 spiro atoms. The maximum Gasteiger partial charge on any atom is 0.407 e. The summed E-state index contributed by atoms with van der Waals surface area (Å²) in [7, 11) is 0. The maximum atomic E-state index is 12.9. The number of nitrogens with zero attached hydrogens (tertiary/aromatic N) is 1. The summed E-state index contributed by atoms with van der Waals surface area (Å²) in [6.07, 6.45) is 2.09. The van der Waals surface area contributed by atoms with E-state index in [1.807, 2.05) is 42.7 Å². The number of carbonyl (C=O) groups excluding carboxylic acids is 2. The number of rotatable bonds is 8. The Bertz CT molecular complexity index is 981. The third-order valence-electron chi connectivity index (χ3n) is 6.13. The van der Waals surface area contributed by atoms with Crippen LogP contribution in [0.1, 0.15) is 29.9 Å². The molecular weight excluding hydrogens is 428 g/mol. The van der Waals surface area contributed by atoms with Gasteiger partial charge in [-0.1, -0.05) is 48.5 Å². The van der Waals surface area contributed by atoms with Crippen molar-refractivity contribution in [3.63, 3.8) is 0 Å². The number of aliphatic carboxylic acids is 1. The first-order chi connectivity index (χ1) is 15.5. The van der Waals surface area contributed by atoms with Crippen LogP contribution in [0, 0.1) is 0 Å². The number of alkyl carbamates (subject to hydrolysis) is 1. The molecule has 0 bridgehead atoms. The molecular formula is C24H26N2O5S. The molecule has 0 aromatic heterocycles. The summed E-state index contributed by atoms with van der Waals surface area (Å²) in [6.45, 7) is 0.544. The van der Waals surface area contributed by atoms with Crippen LogP contribution in [0.5, 0.6) is 0 Å². The van der Waals surface area contributed by atoms with Crippen LogP contribution in [-0.4, -0.2) is 65.2 Å². The molecule has 1 unspecified atom stereocenters. The molecule has 7 nitrogen and oxygen atoms in total. The Morgan fingerprint density at radius 2 is 1.75 bits per heavy atom. The largest absolute Gasteiger partial charge is 0.480 e. The first-order valence-corrected chi connectivity index (χ1v) is 12.0. The fraction of sp³-hybridized carbons (Fsp3) is 0.375. The predicted octanol–water partition coefficient (Wildman–Crippen LogP) is 3.33. The van der Waals surface area contributed by atoms with E-state index in [1.165, 1.54) is 4.90 Å². The van der Waals surface area contributed by atoms with Crippen molar-refractivity contribution >= 4 is 29.7 Å². The van der Waals surface area contributed by atoms with Gasteiger partial charge in [0, 0.05) is 12.5 Å². The van der Waals surface area contributed by atoms with E-state index >= 15 is 0 Å². The molecule has 8 heteroatoms. The number of nitrogens with one attached hydrogen (secondary N) is 1. The smallest absolute Gasteiger partial charge is 0.407 e. The van der Waals surface area contributed by atoms with Crippen LogP contribution < -0.4 is 5.32 Å².